The van der Waals surface area contributed by atoms with E-state index in [0.29, 0.717) is 18.1 Å². The molecular weight excluding hydrogens is 285 g/mol. The largest absolute Gasteiger partial charge is 0.488 e. The Morgan fingerprint density at radius 1 is 1.32 bits per heavy atom. The van der Waals surface area contributed by atoms with E-state index in [1.54, 1.807) is 6.92 Å². The Labute approximate surface area is 121 Å². The van der Waals surface area contributed by atoms with Crippen molar-refractivity contribution in [3.05, 3.63) is 58.4 Å². The quantitative estimate of drug-likeness (QED) is 0.632. The van der Waals surface area contributed by atoms with E-state index in [9.17, 15) is 4.79 Å². The molecule has 0 spiro atoms. The molecule has 0 atom stereocenters. The van der Waals surface area contributed by atoms with Crippen LogP contribution in [0.1, 0.15) is 21.6 Å². The molecule has 1 heterocycles. The summed E-state index contributed by atoms with van der Waals surface area (Å²) in [7, 11) is 0. The van der Waals surface area contributed by atoms with Gasteiger partial charge in [0, 0.05) is 6.07 Å². The summed E-state index contributed by atoms with van der Waals surface area (Å²) in [6.07, 6.45) is 0. The number of hydrogen-bond donors (Lipinski definition) is 0. The molecule has 0 aliphatic heterocycles. The molecule has 5 heteroatoms. The monoisotopic (exact) mass is 295 g/mol. The summed E-state index contributed by atoms with van der Waals surface area (Å²) in [6, 6.07) is 11.1. The second kappa shape index (κ2) is 6.04. The fourth-order valence-corrected chi connectivity index (χ4v) is 2.15. The summed E-state index contributed by atoms with van der Waals surface area (Å²) in [6.45, 7) is 1.99. The number of carbonyl (C=O) groups is 1. The van der Waals surface area contributed by atoms with Gasteiger partial charge < -0.3 is 4.74 Å². The molecule has 0 N–H and O–H groups in total. The average Bonchev–Trinajstić information content (AvgIpc) is 2.36. The number of nitrogens with zero attached hydrogens (tertiary/aromatic N) is 1. The summed E-state index contributed by atoms with van der Waals surface area (Å²) in [5.74, 6) is 0.348. The van der Waals surface area contributed by atoms with Gasteiger partial charge in [0.15, 0.2) is 0 Å². The van der Waals surface area contributed by atoms with Crippen LogP contribution in [0, 0.1) is 6.92 Å². The predicted molar refractivity (Wildman–Crippen MR) is 74.9 cm³/mol. The standard InChI is InChI=1S/C14H11Cl2NO2/c1-9-13(14(16)18)11(7-12(15)17-9)19-8-10-5-3-2-4-6-10/h2-7H,8H2,1H3. The molecule has 98 valence electrons. The van der Waals surface area contributed by atoms with Crippen molar-refractivity contribution in [2.75, 3.05) is 0 Å². The van der Waals surface area contributed by atoms with Crippen molar-refractivity contribution in [3.63, 3.8) is 0 Å². The molecule has 2 rings (SSSR count). The van der Waals surface area contributed by atoms with E-state index in [1.165, 1.54) is 6.07 Å². The summed E-state index contributed by atoms with van der Waals surface area (Å²) in [5, 5.41) is -0.341. The van der Waals surface area contributed by atoms with E-state index in [0.717, 1.165) is 5.56 Å². The molecule has 0 amide bonds. The van der Waals surface area contributed by atoms with Crippen LogP contribution < -0.4 is 4.74 Å². The van der Waals surface area contributed by atoms with Crippen LogP contribution in [-0.4, -0.2) is 10.2 Å². The third kappa shape index (κ3) is 3.46. The lowest BCUT2D eigenvalue weighted by atomic mass is 10.2. The highest BCUT2D eigenvalue weighted by Crippen LogP contribution is 2.27. The fourth-order valence-electron chi connectivity index (χ4n) is 1.70. The first-order valence-corrected chi connectivity index (χ1v) is 6.37. The number of benzene rings is 1. The molecule has 19 heavy (non-hydrogen) atoms. The number of ether oxygens (including phenoxy) is 1. The van der Waals surface area contributed by atoms with Crippen LogP contribution in [0.25, 0.3) is 0 Å². The van der Waals surface area contributed by atoms with Crippen molar-refractivity contribution in [1.82, 2.24) is 4.98 Å². The van der Waals surface area contributed by atoms with Gasteiger partial charge in [0.05, 0.1) is 11.3 Å². The smallest absolute Gasteiger partial charge is 0.257 e. The van der Waals surface area contributed by atoms with Crippen molar-refractivity contribution in [1.29, 1.82) is 0 Å². The number of aromatic nitrogens is 1. The number of halogens is 2. The van der Waals surface area contributed by atoms with Crippen molar-refractivity contribution in [2.24, 2.45) is 0 Å². The lowest BCUT2D eigenvalue weighted by molar-refractivity contribution is 0.107. The van der Waals surface area contributed by atoms with E-state index in [-0.39, 0.29) is 10.7 Å². The van der Waals surface area contributed by atoms with Crippen LogP contribution in [0.4, 0.5) is 0 Å². The maximum Gasteiger partial charge on any atom is 0.257 e. The lowest BCUT2D eigenvalue weighted by Crippen LogP contribution is -2.04. The van der Waals surface area contributed by atoms with Crippen molar-refractivity contribution in [2.45, 2.75) is 13.5 Å². The van der Waals surface area contributed by atoms with E-state index in [2.05, 4.69) is 4.98 Å². The van der Waals surface area contributed by atoms with Gasteiger partial charge in [-0.2, -0.15) is 0 Å². The molecule has 3 nitrogen and oxygen atoms in total. The van der Waals surface area contributed by atoms with Gasteiger partial charge >= 0.3 is 0 Å². The maximum absolute atomic E-state index is 11.4. The zero-order valence-corrected chi connectivity index (χ0v) is 11.7. The van der Waals surface area contributed by atoms with E-state index in [4.69, 9.17) is 27.9 Å². The molecular formula is C14H11Cl2NO2. The van der Waals surface area contributed by atoms with Crippen LogP contribution in [0.5, 0.6) is 5.75 Å². The molecule has 0 fully saturated rings. The van der Waals surface area contributed by atoms with Gasteiger partial charge in [-0.1, -0.05) is 41.9 Å². The van der Waals surface area contributed by atoms with E-state index >= 15 is 0 Å². The molecule has 0 unspecified atom stereocenters. The van der Waals surface area contributed by atoms with Crippen LogP contribution >= 0.6 is 23.2 Å². The van der Waals surface area contributed by atoms with E-state index < -0.39 is 5.24 Å². The number of carbonyl (C=O) groups excluding carboxylic acids is 1. The first kappa shape index (κ1) is 13.8. The lowest BCUT2D eigenvalue weighted by Gasteiger charge is -2.11. The first-order chi connectivity index (χ1) is 9.08. The third-order valence-electron chi connectivity index (χ3n) is 2.57. The molecule has 1 aromatic heterocycles. The van der Waals surface area contributed by atoms with Crippen LogP contribution in [0.15, 0.2) is 36.4 Å². The molecule has 0 saturated carbocycles. The van der Waals surface area contributed by atoms with Gasteiger partial charge in [-0.3, -0.25) is 4.79 Å². The third-order valence-corrected chi connectivity index (χ3v) is 2.95. The second-order valence-electron chi connectivity index (χ2n) is 3.95. The van der Waals surface area contributed by atoms with E-state index in [1.807, 2.05) is 30.3 Å². The van der Waals surface area contributed by atoms with Gasteiger partial charge in [0.2, 0.25) is 0 Å². The van der Waals surface area contributed by atoms with Crippen molar-refractivity contribution < 1.29 is 9.53 Å². The van der Waals surface area contributed by atoms with Gasteiger partial charge in [-0.25, -0.2) is 4.98 Å². The Bertz CT molecular complexity index is 600. The Balaban J connectivity index is 2.27. The zero-order chi connectivity index (χ0) is 13.8. The summed E-state index contributed by atoms with van der Waals surface area (Å²) in [4.78, 5) is 15.4. The highest BCUT2D eigenvalue weighted by molar-refractivity contribution is 6.68. The maximum atomic E-state index is 11.4. The first-order valence-electron chi connectivity index (χ1n) is 5.61. The minimum absolute atomic E-state index is 0.252. The minimum atomic E-state index is -0.607. The van der Waals surface area contributed by atoms with Gasteiger partial charge in [-0.05, 0) is 24.1 Å². The van der Waals surface area contributed by atoms with Gasteiger partial charge in [0.1, 0.15) is 17.5 Å². The molecule has 1 aromatic carbocycles. The number of pyridine rings is 1. The molecule has 0 bridgehead atoms. The van der Waals surface area contributed by atoms with Crippen LogP contribution in [-0.2, 0) is 6.61 Å². The van der Waals surface area contributed by atoms with Crippen molar-refractivity contribution >= 4 is 28.4 Å². The van der Waals surface area contributed by atoms with Crippen LogP contribution in [0.2, 0.25) is 5.15 Å². The van der Waals surface area contributed by atoms with Gasteiger partial charge in [-0.15, -0.1) is 0 Å². The molecule has 0 aliphatic carbocycles. The average molecular weight is 296 g/mol. The highest BCUT2D eigenvalue weighted by Gasteiger charge is 2.16. The molecule has 0 saturated heterocycles. The summed E-state index contributed by atoms with van der Waals surface area (Å²) in [5.41, 5.74) is 1.69. The number of hydrogen-bond acceptors (Lipinski definition) is 3. The molecule has 0 radical (unpaired) electrons. The normalized spacial score (nSPS) is 10.3. The number of aryl methyl sites for hydroxylation is 1. The van der Waals surface area contributed by atoms with Gasteiger partial charge in [0.25, 0.3) is 5.24 Å². The molecule has 0 aliphatic rings. The Morgan fingerprint density at radius 3 is 2.63 bits per heavy atom. The Morgan fingerprint density at radius 2 is 2.00 bits per heavy atom. The summed E-state index contributed by atoms with van der Waals surface area (Å²) >= 11 is 11.4. The summed E-state index contributed by atoms with van der Waals surface area (Å²) < 4.78 is 5.62. The Kier molecular flexibility index (Phi) is 4.40. The van der Waals surface area contributed by atoms with Crippen LogP contribution in [0.3, 0.4) is 0 Å². The second-order valence-corrected chi connectivity index (χ2v) is 4.68. The molecule has 2 aromatic rings. The topological polar surface area (TPSA) is 39.2 Å². The fraction of sp³-hybridized carbons (Fsp3) is 0.143. The minimum Gasteiger partial charge on any atom is -0.488 e. The number of rotatable bonds is 4. The Hall–Kier alpha value is -1.58. The zero-order valence-electron chi connectivity index (χ0n) is 10.2. The van der Waals surface area contributed by atoms with Crippen molar-refractivity contribution in [3.8, 4) is 5.75 Å². The highest BCUT2D eigenvalue weighted by atomic mass is 35.5. The predicted octanol–water partition coefficient (Wildman–Crippen LogP) is 4.00. The SMILES string of the molecule is Cc1nc(Cl)cc(OCc2ccccc2)c1C(=O)Cl.